The molecule has 0 aromatic heterocycles. The lowest BCUT2D eigenvalue weighted by Crippen LogP contribution is -2.60. The number of nitrogens with one attached hydrogen (secondary N) is 2. The van der Waals surface area contributed by atoms with Gasteiger partial charge >= 0.3 is 6.09 Å². The lowest BCUT2D eigenvalue weighted by Gasteiger charge is -2.51. The zero-order valence-corrected chi connectivity index (χ0v) is 22.4. The van der Waals surface area contributed by atoms with Crippen LogP contribution in [0.2, 0.25) is 5.02 Å². The van der Waals surface area contributed by atoms with Crippen LogP contribution in [0.4, 0.5) is 4.79 Å². The number of likely N-dealkylation sites (tertiary alicyclic amines) is 1. The molecule has 3 fully saturated rings. The number of ether oxygens (including phenoxy) is 1. The number of piperidine rings is 1. The average molecular weight is 520 g/mol. The van der Waals surface area contributed by atoms with E-state index in [0.717, 1.165) is 12.0 Å². The molecule has 2 aliphatic heterocycles. The molecule has 1 aromatic carbocycles. The monoisotopic (exact) mass is 519 g/mol. The van der Waals surface area contributed by atoms with Crippen molar-refractivity contribution in [3.63, 3.8) is 0 Å². The Morgan fingerprint density at radius 3 is 2.50 bits per heavy atom. The van der Waals surface area contributed by atoms with Crippen molar-refractivity contribution in [2.45, 2.75) is 77.0 Å². The second-order valence-electron chi connectivity index (χ2n) is 11.7. The Morgan fingerprint density at radius 1 is 1.19 bits per heavy atom. The van der Waals surface area contributed by atoms with Gasteiger partial charge in [0.2, 0.25) is 11.8 Å². The first-order valence-corrected chi connectivity index (χ1v) is 13.3. The molecular formula is C27H38ClN3O5. The number of benzene rings is 1. The first kappa shape index (κ1) is 26.7. The van der Waals surface area contributed by atoms with Gasteiger partial charge in [-0.1, -0.05) is 51.4 Å². The second kappa shape index (κ2) is 9.86. The van der Waals surface area contributed by atoms with Crippen molar-refractivity contribution < 1.29 is 24.2 Å². The van der Waals surface area contributed by atoms with Gasteiger partial charge in [0.25, 0.3) is 0 Å². The third kappa shape index (κ3) is 5.07. The molecule has 8 nitrogen and oxygen atoms in total. The molecule has 198 valence electrons. The summed E-state index contributed by atoms with van der Waals surface area (Å²) in [6.07, 6.45) is 2.59. The van der Waals surface area contributed by atoms with Crippen LogP contribution in [0.3, 0.4) is 0 Å². The van der Waals surface area contributed by atoms with Crippen LogP contribution in [0.25, 0.3) is 0 Å². The van der Waals surface area contributed by atoms with E-state index in [9.17, 15) is 19.5 Å². The van der Waals surface area contributed by atoms with E-state index in [4.69, 9.17) is 16.3 Å². The van der Waals surface area contributed by atoms with Gasteiger partial charge in [-0.25, -0.2) is 4.79 Å². The number of carbonyl (C=O) groups is 3. The molecule has 9 heteroatoms. The van der Waals surface area contributed by atoms with Crippen molar-refractivity contribution >= 4 is 29.5 Å². The predicted molar refractivity (Wildman–Crippen MR) is 136 cm³/mol. The molecule has 0 radical (unpaired) electrons. The fourth-order valence-corrected chi connectivity index (χ4v) is 6.22. The van der Waals surface area contributed by atoms with Crippen LogP contribution in [-0.4, -0.2) is 59.2 Å². The summed E-state index contributed by atoms with van der Waals surface area (Å²) in [5.41, 5.74) is -1.32. The molecule has 3 aliphatic rings. The molecular weight excluding hydrogens is 482 g/mol. The predicted octanol–water partition coefficient (Wildman–Crippen LogP) is 3.60. The third-order valence-corrected chi connectivity index (χ3v) is 8.73. The Hall–Kier alpha value is -2.32. The molecule has 0 bridgehead atoms. The van der Waals surface area contributed by atoms with Crippen LogP contribution >= 0.6 is 11.6 Å². The lowest BCUT2D eigenvalue weighted by molar-refractivity contribution is -0.157. The van der Waals surface area contributed by atoms with Crippen LogP contribution in [0.15, 0.2) is 24.3 Å². The van der Waals surface area contributed by atoms with E-state index < -0.39 is 28.7 Å². The lowest BCUT2D eigenvalue weighted by atomic mass is 9.66. The molecule has 2 saturated heterocycles. The van der Waals surface area contributed by atoms with Gasteiger partial charge in [0.05, 0.1) is 12.2 Å². The topological polar surface area (TPSA) is 108 Å². The molecule has 3 N–H and O–H groups in total. The minimum absolute atomic E-state index is 0.0974. The maximum absolute atomic E-state index is 13.6. The fourth-order valence-electron chi connectivity index (χ4n) is 6.10. The number of carbonyl (C=O) groups excluding carboxylic acids is 3. The van der Waals surface area contributed by atoms with Crippen LogP contribution in [-0.2, 0) is 19.9 Å². The zero-order valence-electron chi connectivity index (χ0n) is 21.6. The number of hydrogen-bond acceptors (Lipinski definition) is 5. The Bertz CT molecular complexity index is 1010. The summed E-state index contributed by atoms with van der Waals surface area (Å²) in [7, 11) is 0. The minimum Gasteiger partial charge on any atom is -0.449 e. The van der Waals surface area contributed by atoms with Crippen molar-refractivity contribution in [3.8, 4) is 0 Å². The normalized spacial score (nSPS) is 30.6. The van der Waals surface area contributed by atoms with Crippen LogP contribution in [0, 0.1) is 17.3 Å². The average Bonchev–Trinajstić information content (AvgIpc) is 3.21. The highest BCUT2D eigenvalue weighted by Gasteiger charge is 2.51. The van der Waals surface area contributed by atoms with Gasteiger partial charge < -0.3 is 25.4 Å². The van der Waals surface area contributed by atoms with Crippen LogP contribution in [0.1, 0.15) is 65.4 Å². The van der Waals surface area contributed by atoms with E-state index in [1.54, 1.807) is 17.0 Å². The van der Waals surface area contributed by atoms with E-state index in [1.807, 2.05) is 39.8 Å². The number of halogens is 1. The number of nitrogens with zero attached hydrogens (tertiary/aromatic N) is 1. The van der Waals surface area contributed by atoms with Gasteiger partial charge in [-0.2, -0.15) is 0 Å². The van der Waals surface area contributed by atoms with Crippen molar-refractivity contribution in [1.82, 2.24) is 15.5 Å². The molecule has 1 aromatic rings. The van der Waals surface area contributed by atoms with E-state index in [0.29, 0.717) is 50.4 Å². The van der Waals surface area contributed by atoms with Gasteiger partial charge in [0.15, 0.2) is 0 Å². The van der Waals surface area contributed by atoms with Gasteiger partial charge in [-0.3, -0.25) is 9.59 Å². The number of aliphatic hydroxyl groups is 1. The number of amides is 3. The minimum atomic E-state index is -1.10. The van der Waals surface area contributed by atoms with Crippen molar-refractivity contribution in [1.29, 1.82) is 0 Å². The third-order valence-electron chi connectivity index (χ3n) is 8.47. The maximum atomic E-state index is 13.6. The van der Waals surface area contributed by atoms with E-state index in [2.05, 4.69) is 10.6 Å². The molecule has 1 spiro atoms. The van der Waals surface area contributed by atoms with Gasteiger partial charge in [0, 0.05) is 41.4 Å². The zero-order chi connectivity index (χ0) is 26.3. The van der Waals surface area contributed by atoms with Crippen LogP contribution < -0.4 is 10.6 Å². The maximum Gasteiger partial charge on any atom is 0.407 e. The standard InChI is InChI=1S/C27H38ClN3O5/c1-17(2)21(29-22(32)18-9-10-26(15-18)12-14-36-24(34)30-26)23(33)31-13-11-27(35,25(3,4)16-31)19-5-7-20(28)8-6-19/h5-8,17-18,21,35H,9-16H2,1-4H3,(H,29,32)(H,30,34)/t18-,21-,26?,27+/m1/s1. The number of alkyl carbamates (subject to hydrolysis) is 1. The molecule has 3 amide bonds. The molecule has 2 heterocycles. The summed E-state index contributed by atoms with van der Waals surface area (Å²) < 4.78 is 5.00. The SMILES string of the molecule is CC(C)[C@@H](NC(=O)[C@@H]1CCC2(CCOC(=O)N2)C1)C(=O)N1CC[C@](O)(c2ccc(Cl)cc2)C(C)(C)C1. The highest BCUT2D eigenvalue weighted by atomic mass is 35.5. The molecule has 1 aliphatic carbocycles. The van der Waals surface area contributed by atoms with Gasteiger partial charge in [0.1, 0.15) is 6.04 Å². The smallest absolute Gasteiger partial charge is 0.407 e. The molecule has 4 rings (SSSR count). The Kier molecular flexibility index (Phi) is 7.32. The van der Waals surface area contributed by atoms with E-state index in [-0.39, 0.29) is 23.7 Å². The highest BCUT2D eigenvalue weighted by molar-refractivity contribution is 6.30. The summed E-state index contributed by atoms with van der Waals surface area (Å²) in [6.45, 7) is 8.89. The highest BCUT2D eigenvalue weighted by Crippen LogP contribution is 2.46. The van der Waals surface area contributed by atoms with Gasteiger partial charge in [-0.05, 0) is 49.3 Å². The van der Waals surface area contributed by atoms with Crippen LogP contribution in [0.5, 0.6) is 0 Å². The van der Waals surface area contributed by atoms with Crippen molar-refractivity contribution in [2.75, 3.05) is 19.7 Å². The largest absolute Gasteiger partial charge is 0.449 e. The Balaban J connectivity index is 1.42. The quantitative estimate of drug-likeness (QED) is 0.551. The van der Waals surface area contributed by atoms with E-state index >= 15 is 0 Å². The molecule has 36 heavy (non-hydrogen) atoms. The summed E-state index contributed by atoms with van der Waals surface area (Å²) >= 11 is 6.04. The molecule has 1 saturated carbocycles. The Labute approximate surface area is 218 Å². The second-order valence-corrected chi connectivity index (χ2v) is 12.2. The Morgan fingerprint density at radius 2 is 1.89 bits per heavy atom. The summed E-state index contributed by atoms with van der Waals surface area (Å²) in [4.78, 5) is 40.4. The van der Waals surface area contributed by atoms with E-state index in [1.165, 1.54) is 0 Å². The van der Waals surface area contributed by atoms with Crippen molar-refractivity contribution in [3.05, 3.63) is 34.9 Å². The molecule has 1 unspecified atom stereocenters. The number of cyclic esters (lactones) is 1. The fraction of sp³-hybridized carbons (Fsp3) is 0.667. The van der Waals surface area contributed by atoms with Gasteiger partial charge in [-0.15, -0.1) is 0 Å². The number of hydrogen-bond donors (Lipinski definition) is 3. The molecule has 4 atom stereocenters. The van der Waals surface area contributed by atoms with Crippen molar-refractivity contribution in [2.24, 2.45) is 17.3 Å². The summed E-state index contributed by atoms with van der Waals surface area (Å²) in [6, 6.07) is 6.56. The number of rotatable bonds is 5. The summed E-state index contributed by atoms with van der Waals surface area (Å²) in [5, 5.41) is 18.2. The first-order chi connectivity index (χ1) is 16.9. The summed E-state index contributed by atoms with van der Waals surface area (Å²) in [5.74, 6) is -0.629. The first-order valence-electron chi connectivity index (χ1n) is 12.9.